The summed E-state index contributed by atoms with van der Waals surface area (Å²) in [6.07, 6.45) is 5.76. The molecule has 45 heavy (non-hydrogen) atoms. The number of methoxy groups -OCH3 is 1. The number of ether oxygens (including phenoxy) is 2. The molecule has 14 heteroatoms. The van der Waals surface area contributed by atoms with Crippen molar-refractivity contribution < 1.29 is 37.1 Å². The molecule has 0 radical (unpaired) electrons. The van der Waals surface area contributed by atoms with Crippen LogP contribution in [0.25, 0.3) is 0 Å². The molecule has 1 saturated carbocycles. The Morgan fingerprint density at radius 3 is 2.53 bits per heavy atom. The number of alkyl carbamates (subject to hydrolysis) is 1. The van der Waals surface area contributed by atoms with E-state index < -0.39 is 63.2 Å². The van der Waals surface area contributed by atoms with Gasteiger partial charge in [0.15, 0.2) is 0 Å². The Morgan fingerprint density at radius 1 is 1.18 bits per heavy atom. The normalized spacial score (nSPS) is 21.7. The summed E-state index contributed by atoms with van der Waals surface area (Å²) >= 11 is 0. The van der Waals surface area contributed by atoms with Crippen LogP contribution in [-0.2, 0) is 29.3 Å². The summed E-state index contributed by atoms with van der Waals surface area (Å²) < 4.78 is 40.4. The van der Waals surface area contributed by atoms with Gasteiger partial charge >= 0.3 is 16.3 Å². The van der Waals surface area contributed by atoms with Crippen molar-refractivity contribution in [1.29, 1.82) is 0 Å². The largest absolute Gasteiger partial charge is 0.497 e. The van der Waals surface area contributed by atoms with Crippen LogP contribution in [0.1, 0.15) is 79.1 Å². The molecule has 4 atom stereocenters. The van der Waals surface area contributed by atoms with E-state index in [0.717, 1.165) is 19.3 Å². The molecule has 0 aromatic heterocycles. The van der Waals surface area contributed by atoms with E-state index in [-0.39, 0.29) is 12.1 Å². The van der Waals surface area contributed by atoms with Crippen molar-refractivity contribution in [2.24, 2.45) is 5.92 Å². The number of carbonyl (C=O) groups excluding carboxylic acids is 4. The van der Waals surface area contributed by atoms with Crippen molar-refractivity contribution in [3.8, 4) is 5.75 Å². The zero-order valence-corrected chi connectivity index (χ0v) is 27.6. The van der Waals surface area contributed by atoms with Gasteiger partial charge in [-0.3, -0.25) is 19.1 Å². The molecule has 4 N–H and O–H groups in total. The third kappa shape index (κ3) is 9.84. The summed E-state index contributed by atoms with van der Waals surface area (Å²) in [5.74, 6) is -2.01. The summed E-state index contributed by atoms with van der Waals surface area (Å²) in [4.78, 5) is 54.8. The first-order chi connectivity index (χ1) is 21.1. The monoisotopic (exact) mass is 649 g/mol. The lowest BCUT2D eigenvalue weighted by Crippen LogP contribution is -2.58. The first-order valence-corrected chi connectivity index (χ1v) is 16.9. The molecule has 1 heterocycles. The molecular weight excluding hydrogens is 602 g/mol. The maximum absolute atomic E-state index is 13.8. The van der Waals surface area contributed by atoms with Gasteiger partial charge in [0.25, 0.3) is 5.91 Å². The molecule has 13 nitrogen and oxygen atoms in total. The lowest BCUT2D eigenvalue weighted by Gasteiger charge is -2.30. The number of hydrogen-bond donors (Lipinski definition) is 4. The minimum atomic E-state index is -4.37. The highest BCUT2D eigenvalue weighted by molar-refractivity contribution is 7.91. The fourth-order valence-electron chi connectivity index (χ4n) is 5.40. The fraction of sp³-hybridized carbons (Fsp3) is 0.613. The summed E-state index contributed by atoms with van der Waals surface area (Å²) in [6, 6.07) is 4.37. The molecule has 0 spiro atoms. The van der Waals surface area contributed by atoms with Gasteiger partial charge < -0.3 is 25.0 Å². The Balaban J connectivity index is 1.72. The lowest BCUT2D eigenvalue weighted by atomic mass is 10.1. The van der Waals surface area contributed by atoms with Crippen LogP contribution in [0.3, 0.4) is 0 Å². The maximum Gasteiger partial charge on any atom is 0.408 e. The number of benzene rings is 1. The molecule has 1 aliphatic heterocycles. The molecule has 1 saturated heterocycles. The molecule has 3 rings (SSSR count). The lowest BCUT2D eigenvalue weighted by molar-refractivity contribution is -0.141. The van der Waals surface area contributed by atoms with Crippen LogP contribution in [0.5, 0.6) is 5.75 Å². The summed E-state index contributed by atoms with van der Waals surface area (Å²) in [7, 11) is -2.93. The summed E-state index contributed by atoms with van der Waals surface area (Å²) in [6.45, 7) is 11.3. The third-order valence-electron chi connectivity index (χ3n) is 7.77. The van der Waals surface area contributed by atoms with Gasteiger partial charge in [-0.25, -0.2) is 9.52 Å². The first-order valence-electron chi connectivity index (χ1n) is 15.4. The predicted molar refractivity (Wildman–Crippen MR) is 170 cm³/mol. The minimum absolute atomic E-state index is 0.143. The second kappa shape index (κ2) is 15.0. The van der Waals surface area contributed by atoms with Gasteiger partial charge in [0, 0.05) is 18.5 Å². The van der Waals surface area contributed by atoms with Crippen LogP contribution in [0, 0.1) is 5.92 Å². The Morgan fingerprint density at radius 2 is 1.91 bits per heavy atom. The molecule has 0 bridgehead atoms. The smallest absolute Gasteiger partial charge is 0.408 e. The number of unbranched alkanes of at least 4 members (excludes halogenated alkanes) is 3. The van der Waals surface area contributed by atoms with Gasteiger partial charge in [-0.1, -0.05) is 44.7 Å². The number of nitrogens with zero attached hydrogens (tertiary/aromatic N) is 1. The van der Waals surface area contributed by atoms with Crippen LogP contribution >= 0.6 is 0 Å². The Labute approximate surface area is 266 Å². The molecule has 1 unspecified atom stereocenters. The standard InChI is InChI=1S/C31H47N5O8S/c1-7-9-10-11-16-24(32-29(40)44-30(3,4)5)27(38)36-18-13-17-25(36)26(37)33-31(20-21(31)8-2)28(39)35-45(41,42)34-22-14-12-15-23(19-22)43-6/h8,12,14-15,19,21,24-25,34H,2,7,9-11,13,16-18,20H2,1,3-6H3,(H,32,40)(H,33,37)(H,35,39)/t21?,24-,25-,31+/m0/s1. The first kappa shape index (κ1) is 35.7. The zero-order valence-electron chi connectivity index (χ0n) is 26.8. The number of anilines is 1. The van der Waals surface area contributed by atoms with E-state index in [1.54, 1.807) is 32.9 Å². The molecular formula is C31H47N5O8S. The molecule has 4 amide bonds. The number of amides is 4. The van der Waals surface area contributed by atoms with Crippen molar-refractivity contribution in [1.82, 2.24) is 20.3 Å². The van der Waals surface area contributed by atoms with Gasteiger partial charge in [-0.15, -0.1) is 6.58 Å². The molecule has 1 aliphatic carbocycles. The Hall–Kier alpha value is -3.81. The zero-order chi connectivity index (χ0) is 33.4. The van der Waals surface area contributed by atoms with Crippen molar-refractivity contribution in [3.63, 3.8) is 0 Å². The van der Waals surface area contributed by atoms with Gasteiger partial charge in [-0.2, -0.15) is 8.42 Å². The van der Waals surface area contributed by atoms with Crippen LogP contribution < -0.4 is 24.8 Å². The highest BCUT2D eigenvalue weighted by atomic mass is 32.2. The van der Waals surface area contributed by atoms with Crippen molar-refractivity contribution >= 4 is 39.7 Å². The Kier molecular flexibility index (Phi) is 11.9. The van der Waals surface area contributed by atoms with Crippen LogP contribution in [0.15, 0.2) is 36.9 Å². The van der Waals surface area contributed by atoms with E-state index in [4.69, 9.17) is 9.47 Å². The van der Waals surface area contributed by atoms with Gasteiger partial charge in [0.1, 0.15) is 29.0 Å². The highest BCUT2D eigenvalue weighted by Gasteiger charge is 2.61. The molecule has 1 aromatic rings. The summed E-state index contributed by atoms with van der Waals surface area (Å²) in [5, 5.41) is 5.42. The van der Waals surface area contributed by atoms with E-state index >= 15 is 0 Å². The number of likely N-dealkylation sites (tertiary alicyclic amines) is 1. The average molecular weight is 650 g/mol. The topological polar surface area (TPSA) is 172 Å². The van der Waals surface area contributed by atoms with Gasteiger partial charge in [0.2, 0.25) is 11.8 Å². The van der Waals surface area contributed by atoms with Crippen LogP contribution in [0.4, 0.5) is 10.5 Å². The van der Waals surface area contributed by atoms with E-state index in [1.807, 2.05) is 4.72 Å². The van der Waals surface area contributed by atoms with Crippen molar-refractivity contribution in [2.45, 2.75) is 102 Å². The van der Waals surface area contributed by atoms with E-state index in [1.165, 1.54) is 30.2 Å². The minimum Gasteiger partial charge on any atom is -0.497 e. The molecule has 1 aromatic carbocycles. The fourth-order valence-corrected chi connectivity index (χ4v) is 6.32. The van der Waals surface area contributed by atoms with E-state index in [2.05, 4.69) is 28.9 Å². The molecule has 250 valence electrons. The van der Waals surface area contributed by atoms with Crippen molar-refractivity contribution in [2.75, 3.05) is 18.4 Å². The quantitative estimate of drug-likeness (QED) is 0.165. The number of hydrogen-bond acceptors (Lipinski definition) is 8. The average Bonchev–Trinajstić information content (AvgIpc) is 3.44. The predicted octanol–water partition coefficient (Wildman–Crippen LogP) is 3.38. The van der Waals surface area contributed by atoms with E-state index in [0.29, 0.717) is 38.0 Å². The number of carbonyl (C=O) groups is 4. The van der Waals surface area contributed by atoms with Crippen molar-refractivity contribution in [3.05, 3.63) is 36.9 Å². The van der Waals surface area contributed by atoms with Gasteiger partial charge in [-0.05, 0) is 58.6 Å². The van der Waals surface area contributed by atoms with Crippen LogP contribution in [-0.4, -0.2) is 74.0 Å². The van der Waals surface area contributed by atoms with Gasteiger partial charge in [0.05, 0.1) is 12.8 Å². The Bertz CT molecular complexity index is 1360. The highest BCUT2D eigenvalue weighted by Crippen LogP contribution is 2.45. The number of nitrogens with one attached hydrogen (secondary N) is 4. The number of rotatable bonds is 15. The molecule has 2 aliphatic rings. The van der Waals surface area contributed by atoms with Crippen LogP contribution in [0.2, 0.25) is 0 Å². The second-order valence-corrected chi connectivity index (χ2v) is 13.9. The second-order valence-electron chi connectivity index (χ2n) is 12.5. The summed E-state index contributed by atoms with van der Waals surface area (Å²) in [5.41, 5.74) is -2.13. The third-order valence-corrected chi connectivity index (χ3v) is 8.73. The maximum atomic E-state index is 13.8. The SMILES string of the molecule is C=CC1C[C@]1(NC(=O)[C@@H]1CCCN1C(=O)[C@H](CCCCCC)NC(=O)OC(C)(C)C)C(=O)NS(=O)(=O)Nc1cccc(OC)c1. The molecule has 2 fully saturated rings. The van der Waals surface area contributed by atoms with E-state index in [9.17, 15) is 27.6 Å².